The SMILES string of the molecule is [2H]C([2H])(c1c[nH]c2ncccc12)N1CCc2c(NC(=O)Nc3ccccc3OC(F)(F)F)cccc21. The highest BCUT2D eigenvalue weighted by Gasteiger charge is 2.32. The zero-order valence-corrected chi connectivity index (χ0v) is 17.6. The van der Waals surface area contributed by atoms with E-state index < -0.39 is 24.6 Å². The molecule has 0 radical (unpaired) electrons. The lowest BCUT2D eigenvalue weighted by atomic mass is 10.1. The number of aromatic nitrogens is 2. The summed E-state index contributed by atoms with van der Waals surface area (Å²) in [7, 11) is 0. The van der Waals surface area contributed by atoms with E-state index in [1.807, 2.05) is 0 Å². The van der Waals surface area contributed by atoms with Crippen LogP contribution in [0, 0.1) is 0 Å². The number of para-hydroxylation sites is 2. The Bertz CT molecular complexity index is 1440. The molecule has 0 saturated carbocycles. The number of nitrogens with one attached hydrogen (secondary N) is 3. The van der Waals surface area contributed by atoms with Gasteiger partial charge in [-0.3, -0.25) is 0 Å². The quantitative estimate of drug-likeness (QED) is 0.352. The third kappa shape index (κ3) is 4.47. The summed E-state index contributed by atoms with van der Waals surface area (Å²) in [5.74, 6) is -0.536. The molecule has 1 aliphatic rings. The maximum absolute atomic E-state index is 12.7. The van der Waals surface area contributed by atoms with Crippen molar-refractivity contribution < 1.29 is 25.4 Å². The van der Waals surface area contributed by atoms with Crippen molar-refractivity contribution in [2.75, 3.05) is 22.1 Å². The molecule has 4 aromatic rings. The van der Waals surface area contributed by atoms with Crippen LogP contribution < -0.4 is 20.3 Å². The van der Waals surface area contributed by atoms with E-state index in [9.17, 15) is 18.0 Å². The fourth-order valence-electron chi connectivity index (χ4n) is 3.92. The van der Waals surface area contributed by atoms with Gasteiger partial charge in [0.1, 0.15) is 5.65 Å². The van der Waals surface area contributed by atoms with E-state index in [0.717, 1.165) is 6.07 Å². The van der Waals surface area contributed by atoms with Gasteiger partial charge in [-0.1, -0.05) is 18.2 Å². The van der Waals surface area contributed by atoms with Crippen molar-refractivity contribution in [1.82, 2.24) is 9.97 Å². The molecule has 2 amide bonds. The van der Waals surface area contributed by atoms with Gasteiger partial charge >= 0.3 is 12.4 Å². The van der Waals surface area contributed by atoms with Crippen LogP contribution in [0.4, 0.5) is 35.0 Å². The molecule has 5 rings (SSSR count). The summed E-state index contributed by atoms with van der Waals surface area (Å²) in [5.41, 5.74) is 2.63. The number of nitrogens with zero attached hydrogens (tertiary/aromatic N) is 2. The van der Waals surface area contributed by atoms with Crippen LogP contribution in [0.25, 0.3) is 11.0 Å². The Morgan fingerprint density at radius 3 is 2.76 bits per heavy atom. The van der Waals surface area contributed by atoms with Crippen LogP contribution in [-0.4, -0.2) is 28.9 Å². The Morgan fingerprint density at radius 1 is 1.12 bits per heavy atom. The highest BCUT2D eigenvalue weighted by molar-refractivity contribution is 6.01. The van der Waals surface area contributed by atoms with Crippen LogP contribution in [0.2, 0.25) is 0 Å². The number of halogens is 3. The lowest BCUT2D eigenvalue weighted by Crippen LogP contribution is -2.22. The fourth-order valence-corrected chi connectivity index (χ4v) is 3.92. The van der Waals surface area contributed by atoms with Gasteiger partial charge in [0, 0.05) is 47.8 Å². The lowest BCUT2D eigenvalue weighted by Gasteiger charge is -2.20. The molecule has 3 N–H and O–H groups in total. The average molecular weight is 469 g/mol. The summed E-state index contributed by atoms with van der Waals surface area (Å²) in [6.07, 6.45) is -1.22. The summed E-state index contributed by atoms with van der Waals surface area (Å²) in [4.78, 5) is 21.5. The largest absolute Gasteiger partial charge is 0.573 e. The van der Waals surface area contributed by atoms with E-state index in [1.165, 1.54) is 18.2 Å². The molecule has 7 nitrogen and oxygen atoms in total. The molecular formula is C24H20F3N5O2. The average Bonchev–Trinajstić information content (AvgIpc) is 3.45. The van der Waals surface area contributed by atoms with Gasteiger partial charge in [-0.15, -0.1) is 13.2 Å². The second kappa shape index (κ2) is 8.62. The Labute approximate surface area is 195 Å². The minimum atomic E-state index is -4.90. The van der Waals surface area contributed by atoms with Crippen LogP contribution >= 0.6 is 0 Å². The summed E-state index contributed by atoms with van der Waals surface area (Å²) < 4.78 is 59.8. The Kier molecular flexibility index (Phi) is 4.89. The number of alkyl halides is 3. The van der Waals surface area contributed by atoms with Crippen LogP contribution in [0.3, 0.4) is 0 Å². The number of urea groups is 1. The topological polar surface area (TPSA) is 82.3 Å². The van der Waals surface area contributed by atoms with Crippen molar-refractivity contribution in [2.24, 2.45) is 0 Å². The van der Waals surface area contributed by atoms with Crippen LogP contribution in [-0.2, 0) is 12.9 Å². The van der Waals surface area contributed by atoms with E-state index in [4.69, 9.17) is 2.74 Å². The standard InChI is InChI=1S/C24H20F3N5O2/c25-24(26,27)34-21-9-2-1-6-19(21)31-23(33)30-18-7-3-8-20-17(18)10-12-32(20)14-15-13-29-22-16(15)5-4-11-28-22/h1-9,11,13H,10,12,14H2,(H,28,29)(H2,30,31,33)/i14D2. The lowest BCUT2D eigenvalue weighted by molar-refractivity contribution is -0.274. The number of hydrogen-bond acceptors (Lipinski definition) is 4. The zero-order chi connectivity index (χ0) is 25.5. The third-order valence-corrected chi connectivity index (χ3v) is 5.34. The first-order chi connectivity index (χ1) is 17.1. The van der Waals surface area contributed by atoms with Gasteiger partial charge in [0.15, 0.2) is 5.75 Å². The molecule has 34 heavy (non-hydrogen) atoms. The van der Waals surface area contributed by atoms with Crippen molar-refractivity contribution in [3.8, 4) is 5.75 Å². The maximum Gasteiger partial charge on any atom is 0.573 e. The number of amides is 2. The highest BCUT2D eigenvalue weighted by atomic mass is 19.4. The minimum Gasteiger partial charge on any atom is -0.404 e. The molecule has 174 valence electrons. The first-order valence-corrected chi connectivity index (χ1v) is 10.4. The normalized spacial score (nSPS) is 14.4. The van der Waals surface area contributed by atoms with Crippen molar-refractivity contribution in [2.45, 2.75) is 19.3 Å². The third-order valence-electron chi connectivity index (χ3n) is 5.34. The predicted octanol–water partition coefficient (Wildman–Crippen LogP) is 5.67. The van der Waals surface area contributed by atoms with Crippen LogP contribution in [0.15, 0.2) is 67.0 Å². The van der Waals surface area contributed by atoms with Crippen molar-refractivity contribution >= 4 is 34.1 Å². The van der Waals surface area contributed by atoms with Crippen LogP contribution in [0.1, 0.15) is 13.9 Å². The monoisotopic (exact) mass is 469 g/mol. The van der Waals surface area contributed by atoms with E-state index in [2.05, 4.69) is 25.3 Å². The van der Waals surface area contributed by atoms with Crippen molar-refractivity contribution in [1.29, 1.82) is 0 Å². The molecule has 2 aromatic carbocycles. The van der Waals surface area contributed by atoms with Gasteiger partial charge in [0.2, 0.25) is 0 Å². The number of hydrogen-bond donors (Lipinski definition) is 3. The molecule has 0 saturated heterocycles. The number of H-pyrrole nitrogens is 1. The number of pyridine rings is 1. The van der Waals surface area contributed by atoms with Gasteiger partial charge < -0.3 is 25.3 Å². The smallest absolute Gasteiger partial charge is 0.404 e. The number of rotatable bonds is 5. The Balaban J connectivity index is 1.38. The zero-order valence-electron chi connectivity index (χ0n) is 19.6. The van der Waals surface area contributed by atoms with Gasteiger partial charge in [-0.2, -0.15) is 0 Å². The van der Waals surface area contributed by atoms with Gasteiger partial charge in [0.05, 0.1) is 8.43 Å². The van der Waals surface area contributed by atoms with E-state index in [1.54, 1.807) is 47.6 Å². The number of carbonyl (C=O) groups is 1. The van der Waals surface area contributed by atoms with Gasteiger partial charge in [-0.25, -0.2) is 9.78 Å². The van der Waals surface area contributed by atoms with Crippen molar-refractivity contribution in [3.05, 3.63) is 78.1 Å². The molecule has 3 heterocycles. The molecule has 0 unspecified atom stereocenters. The second-order valence-corrected chi connectivity index (χ2v) is 7.54. The number of anilines is 3. The summed E-state index contributed by atoms with van der Waals surface area (Å²) >= 11 is 0. The fraction of sp³-hybridized carbons (Fsp3) is 0.167. The molecule has 0 aliphatic carbocycles. The maximum atomic E-state index is 12.7. The van der Waals surface area contributed by atoms with Crippen LogP contribution in [0.5, 0.6) is 5.75 Å². The molecule has 0 fully saturated rings. The summed E-state index contributed by atoms with van der Waals surface area (Å²) in [6.45, 7) is -1.51. The number of carbonyl (C=O) groups excluding carboxylic acids is 1. The Hall–Kier alpha value is -4.21. The van der Waals surface area contributed by atoms with Crippen molar-refractivity contribution in [3.63, 3.8) is 0 Å². The minimum absolute atomic E-state index is 0.147. The van der Waals surface area contributed by atoms with E-state index in [-0.39, 0.29) is 5.69 Å². The summed E-state index contributed by atoms with van der Waals surface area (Å²) in [6, 6.07) is 13.1. The summed E-state index contributed by atoms with van der Waals surface area (Å²) in [5, 5.41) is 5.72. The molecule has 0 bridgehead atoms. The first-order valence-electron chi connectivity index (χ1n) is 11.4. The highest BCUT2D eigenvalue weighted by Crippen LogP contribution is 2.36. The van der Waals surface area contributed by atoms with Gasteiger partial charge in [-0.05, 0) is 48.4 Å². The molecule has 2 aromatic heterocycles. The van der Waals surface area contributed by atoms with E-state index in [0.29, 0.717) is 46.5 Å². The first kappa shape index (κ1) is 19.3. The molecule has 10 heteroatoms. The molecular weight excluding hydrogens is 447 g/mol. The van der Waals surface area contributed by atoms with E-state index >= 15 is 0 Å². The van der Waals surface area contributed by atoms with Gasteiger partial charge in [0.25, 0.3) is 0 Å². The number of aromatic amines is 1. The molecule has 1 aliphatic heterocycles. The molecule has 0 spiro atoms. The number of ether oxygens (including phenoxy) is 1. The second-order valence-electron chi connectivity index (χ2n) is 7.54. The number of fused-ring (bicyclic) bond motifs is 2. The predicted molar refractivity (Wildman–Crippen MR) is 123 cm³/mol. The number of benzene rings is 2. The molecule has 0 atom stereocenters. The Morgan fingerprint density at radius 2 is 1.91 bits per heavy atom.